The quantitative estimate of drug-likeness (QED) is 0.729. The summed E-state index contributed by atoms with van der Waals surface area (Å²) >= 11 is -1.07. The molecule has 0 aromatic rings. The largest absolute Gasteiger partial charge is 0.597 e. The molecule has 98 valence electrons. The summed E-state index contributed by atoms with van der Waals surface area (Å²) < 4.78 is 14.1. The Morgan fingerprint density at radius 1 is 1.53 bits per heavy atom. The summed E-state index contributed by atoms with van der Waals surface area (Å²) in [6.45, 7) is 12.2. The van der Waals surface area contributed by atoms with Crippen molar-refractivity contribution in [3.8, 4) is 0 Å². The first kappa shape index (κ1) is 14.7. The number of carbonyl (C=O) groups is 1. The Hall–Kier alpha value is -0.320. The lowest BCUT2D eigenvalue weighted by molar-refractivity contribution is -0.114. The standard InChI is InChI=1S/C13H23NO2S/c1-9(2)12-11(10(3)15)7-8-14(12)17(16)13(4,5)6/h7,9,12H,8H2,1-6H3/t12-,17?/m0/s1. The number of ketones is 1. The van der Waals surface area contributed by atoms with Crippen molar-refractivity contribution in [2.45, 2.75) is 52.3 Å². The van der Waals surface area contributed by atoms with E-state index in [1.165, 1.54) is 0 Å². The molecule has 0 aromatic carbocycles. The van der Waals surface area contributed by atoms with Crippen LogP contribution in [0.25, 0.3) is 0 Å². The zero-order valence-corrected chi connectivity index (χ0v) is 12.4. The summed E-state index contributed by atoms with van der Waals surface area (Å²) in [5, 5.41) is 0. The van der Waals surface area contributed by atoms with Crippen LogP contribution in [0.3, 0.4) is 0 Å². The predicted octanol–water partition coefficient (Wildman–Crippen LogP) is 2.30. The molecule has 1 aliphatic rings. The lowest BCUT2D eigenvalue weighted by Gasteiger charge is -2.35. The molecular formula is C13H23NO2S. The highest BCUT2D eigenvalue weighted by Crippen LogP contribution is 2.32. The van der Waals surface area contributed by atoms with Gasteiger partial charge in [0, 0.05) is 16.9 Å². The highest BCUT2D eigenvalue weighted by Gasteiger charge is 2.43. The van der Waals surface area contributed by atoms with Gasteiger partial charge in [-0.1, -0.05) is 19.9 Å². The minimum Gasteiger partial charge on any atom is -0.597 e. The van der Waals surface area contributed by atoms with Gasteiger partial charge in [0.05, 0.1) is 12.6 Å². The van der Waals surface area contributed by atoms with Crippen LogP contribution in [0, 0.1) is 5.92 Å². The minimum absolute atomic E-state index is 0.00689. The summed E-state index contributed by atoms with van der Waals surface area (Å²) in [6.07, 6.45) is 1.93. The molecule has 2 atom stereocenters. The highest BCUT2D eigenvalue weighted by atomic mass is 32.2. The first-order valence-electron chi connectivity index (χ1n) is 6.06. The van der Waals surface area contributed by atoms with Crippen LogP contribution >= 0.6 is 0 Å². The summed E-state index contributed by atoms with van der Waals surface area (Å²) in [5.41, 5.74) is 0.817. The number of hydrogen-bond donors (Lipinski definition) is 0. The van der Waals surface area contributed by atoms with Crippen LogP contribution in [0.5, 0.6) is 0 Å². The average Bonchev–Trinajstić information content (AvgIpc) is 2.58. The molecular weight excluding hydrogens is 234 g/mol. The number of rotatable bonds is 3. The second-order valence-corrected chi connectivity index (χ2v) is 8.06. The first-order chi connectivity index (χ1) is 7.66. The normalized spacial score (nSPS) is 24.0. The molecule has 0 saturated heterocycles. The molecule has 0 saturated carbocycles. The Balaban J connectivity index is 2.95. The molecule has 17 heavy (non-hydrogen) atoms. The van der Waals surface area contributed by atoms with Crippen molar-refractivity contribution >= 4 is 17.1 Å². The van der Waals surface area contributed by atoms with Crippen molar-refractivity contribution in [2.75, 3.05) is 6.54 Å². The maximum absolute atomic E-state index is 12.4. The fourth-order valence-corrected chi connectivity index (χ4v) is 3.62. The number of carbonyl (C=O) groups excluding carboxylic acids is 1. The lowest BCUT2D eigenvalue weighted by atomic mass is 9.96. The van der Waals surface area contributed by atoms with Crippen molar-refractivity contribution in [2.24, 2.45) is 5.92 Å². The lowest BCUT2D eigenvalue weighted by Crippen LogP contribution is -2.48. The van der Waals surface area contributed by atoms with Crippen LogP contribution in [0.15, 0.2) is 11.6 Å². The predicted molar refractivity (Wildman–Crippen MR) is 72.0 cm³/mol. The maximum atomic E-state index is 12.4. The summed E-state index contributed by atoms with van der Waals surface area (Å²) in [7, 11) is 0. The Morgan fingerprint density at radius 3 is 2.41 bits per heavy atom. The van der Waals surface area contributed by atoms with E-state index in [1.54, 1.807) is 6.92 Å². The summed E-state index contributed by atoms with van der Waals surface area (Å²) in [6, 6.07) is -0.00689. The van der Waals surface area contributed by atoms with Gasteiger partial charge in [0.2, 0.25) is 0 Å². The third kappa shape index (κ3) is 3.12. The fraction of sp³-hybridized carbons (Fsp3) is 0.769. The monoisotopic (exact) mass is 257 g/mol. The molecule has 1 heterocycles. The zero-order chi connectivity index (χ0) is 13.4. The fourth-order valence-electron chi connectivity index (χ4n) is 2.14. The second kappa shape index (κ2) is 5.12. The van der Waals surface area contributed by atoms with E-state index >= 15 is 0 Å². The van der Waals surface area contributed by atoms with Gasteiger partial charge in [0.15, 0.2) is 5.78 Å². The molecule has 1 aliphatic heterocycles. The number of hydrogen-bond acceptors (Lipinski definition) is 3. The molecule has 1 unspecified atom stereocenters. The van der Waals surface area contributed by atoms with Crippen molar-refractivity contribution < 1.29 is 9.35 Å². The highest BCUT2D eigenvalue weighted by molar-refractivity contribution is 7.90. The molecule has 0 spiro atoms. The van der Waals surface area contributed by atoms with E-state index in [2.05, 4.69) is 13.8 Å². The molecule has 0 fully saturated rings. The van der Waals surface area contributed by atoms with Gasteiger partial charge in [-0.25, -0.2) is 0 Å². The zero-order valence-electron chi connectivity index (χ0n) is 11.6. The molecule has 0 aromatic heterocycles. The summed E-state index contributed by atoms with van der Waals surface area (Å²) in [4.78, 5) is 11.6. The van der Waals surface area contributed by atoms with Crippen LogP contribution in [0.1, 0.15) is 41.5 Å². The second-order valence-electron chi connectivity index (χ2n) is 5.87. The Bertz CT molecular complexity index is 331. The van der Waals surface area contributed by atoms with E-state index in [-0.39, 0.29) is 16.6 Å². The topological polar surface area (TPSA) is 43.4 Å². The van der Waals surface area contributed by atoms with Crippen LogP contribution in [-0.4, -0.2) is 32.0 Å². The van der Waals surface area contributed by atoms with Crippen LogP contribution in [0.2, 0.25) is 0 Å². The van der Waals surface area contributed by atoms with E-state index in [1.807, 2.05) is 31.2 Å². The maximum Gasteiger partial charge on any atom is 0.157 e. The molecule has 0 bridgehead atoms. The van der Waals surface area contributed by atoms with E-state index in [0.717, 1.165) is 5.57 Å². The Morgan fingerprint density at radius 2 is 2.06 bits per heavy atom. The van der Waals surface area contributed by atoms with E-state index in [4.69, 9.17) is 0 Å². The van der Waals surface area contributed by atoms with Gasteiger partial charge in [-0.05, 0) is 33.6 Å². The first-order valence-corrected chi connectivity index (χ1v) is 7.16. The minimum atomic E-state index is -1.07. The van der Waals surface area contributed by atoms with Gasteiger partial charge in [0.1, 0.15) is 4.75 Å². The smallest absolute Gasteiger partial charge is 0.157 e. The molecule has 0 aliphatic carbocycles. The van der Waals surface area contributed by atoms with Crippen LogP contribution < -0.4 is 0 Å². The molecule has 1 rings (SSSR count). The van der Waals surface area contributed by atoms with Gasteiger partial charge < -0.3 is 4.55 Å². The van der Waals surface area contributed by atoms with Crippen molar-refractivity contribution in [1.82, 2.24) is 4.31 Å². The third-order valence-electron chi connectivity index (χ3n) is 2.89. The number of Topliss-reactive ketones (excluding diaryl/α,β-unsaturated/α-hetero) is 1. The van der Waals surface area contributed by atoms with Gasteiger partial charge >= 0.3 is 0 Å². The van der Waals surface area contributed by atoms with Crippen molar-refractivity contribution in [1.29, 1.82) is 0 Å². The van der Waals surface area contributed by atoms with Crippen LogP contribution in [-0.2, 0) is 16.2 Å². The van der Waals surface area contributed by atoms with Crippen molar-refractivity contribution in [3.63, 3.8) is 0 Å². The molecule has 3 nitrogen and oxygen atoms in total. The molecule has 0 radical (unpaired) electrons. The molecule has 4 heteroatoms. The average molecular weight is 257 g/mol. The van der Waals surface area contributed by atoms with Gasteiger partial charge in [0.25, 0.3) is 0 Å². The van der Waals surface area contributed by atoms with Gasteiger partial charge in [-0.3, -0.25) is 4.79 Å². The Kier molecular flexibility index (Phi) is 4.44. The van der Waals surface area contributed by atoms with Crippen LogP contribution in [0.4, 0.5) is 0 Å². The van der Waals surface area contributed by atoms with Crippen molar-refractivity contribution in [3.05, 3.63) is 11.6 Å². The third-order valence-corrected chi connectivity index (χ3v) is 4.74. The molecule has 0 amide bonds. The van der Waals surface area contributed by atoms with E-state index in [0.29, 0.717) is 12.5 Å². The van der Waals surface area contributed by atoms with E-state index < -0.39 is 11.4 Å². The Labute approximate surface area is 108 Å². The van der Waals surface area contributed by atoms with E-state index in [9.17, 15) is 9.35 Å². The summed E-state index contributed by atoms with van der Waals surface area (Å²) in [5.74, 6) is 0.385. The van der Waals surface area contributed by atoms with Gasteiger partial charge in [-0.15, -0.1) is 4.31 Å². The SMILES string of the molecule is CC(=O)C1=CCN([S+]([O-])C(C)(C)C)[C@H]1C(C)C. The van der Waals surface area contributed by atoms with Gasteiger partial charge in [-0.2, -0.15) is 0 Å². The number of nitrogens with zero attached hydrogens (tertiary/aromatic N) is 1. The molecule has 0 N–H and O–H groups in total.